The molecule has 0 bridgehead atoms. The van der Waals surface area contributed by atoms with E-state index in [-0.39, 0.29) is 18.9 Å². The smallest absolute Gasteiger partial charge is 0.220 e. The van der Waals surface area contributed by atoms with Gasteiger partial charge in [0.1, 0.15) is 6.10 Å². The number of nitrogens with one attached hydrogen (secondary N) is 2. The molecule has 8 heteroatoms. The third-order valence-electron chi connectivity index (χ3n) is 10.6. The first kappa shape index (κ1) is 45.3. The Morgan fingerprint density at radius 2 is 1.06 bits per heavy atom. The number of hydrogen-bond donors (Lipinski definition) is 7. The summed E-state index contributed by atoms with van der Waals surface area (Å²) in [4.78, 5) is 12.8. The summed E-state index contributed by atoms with van der Waals surface area (Å²) in [6, 6.07) is -1.08. The molecule has 7 unspecified atom stereocenters. The molecule has 0 aromatic carbocycles. The topological polar surface area (TPSA) is 142 Å². The lowest BCUT2D eigenvalue weighted by atomic mass is 9.99. The van der Waals surface area contributed by atoms with Gasteiger partial charge in [-0.05, 0) is 32.1 Å². The maximum atomic E-state index is 12.8. The number of rotatable bonds is 32. The molecule has 1 aliphatic carbocycles. The summed E-state index contributed by atoms with van der Waals surface area (Å²) >= 11 is 0. The van der Waals surface area contributed by atoms with Crippen LogP contribution in [0.15, 0.2) is 0 Å². The monoisotopic (exact) mass is 685 g/mol. The summed E-state index contributed by atoms with van der Waals surface area (Å²) in [6.07, 6.45) is 28.5. The highest BCUT2D eigenvalue weighted by molar-refractivity contribution is 5.76. The third kappa shape index (κ3) is 23.6. The Labute approximate surface area is 295 Å². The van der Waals surface area contributed by atoms with Gasteiger partial charge in [0.05, 0.1) is 30.5 Å². The normalized spacial score (nSPS) is 21.9. The Kier molecular flexibility index (Phi) is 29.2. The second kappa shape index (κ2) is 31.0. The van der Waals surface area contributed by atoms with Crippen LogP contribution in [0.25, 0.3) is 0 Å². The van der Waals surface area contributed by atoms with Crippen LogP contribution in [0, 0.1) is 0 Å². The molecule has 0 spiro atoms. The van der Waals surface area contributed by atoms with Gasteiger partial charge in [0.15, 0.2) is 0 Å². The number of carbonyl (C=O) groups is 1. The van der Waals surface area contributed by atoms with Gasteiger partial charge in [0.2, 0.25) is 5.91 Å². The average molecular weight is 685 g/mol. The van der Waals surface area contributed by atoms with Crippen molar-refractivity contribution in [1.82, 2.24) is 10.6 Å². The van der Waals surface area contributed by atoms with Crippen molar-refractivity contribution >= 4 is 5.91 Å². The SMILES string of the molecule is CCCCCCCCCCCCCCCCCCCCCCCCCC(=O)NC(CNC1CCCC(O)C(O)C1O)C(O)CC(O)CC. The van der Waals surface area contributed by atoms with Gasteiger partial charge in [0, 0.05) is 25.4 Å². The molecule has 48 heavy (non-hydrogen) atoms. The first-order chi connectivity index (χ1) is 23.3. The van der Waals surface area contributed by atoms with Crippen molar-refractivity contribution in [3.05, 3.63) is 0 Å². The molecule has 0 aliphatic heterocycles. The number of carbonyl (C=O) groups excluding carboxylic acids is 1. The number of hydrogen-bond acceptors (Lipinski definition) is 7. The molecule has 8 nitrogen and oxygen atoms in total. The van der Waals surface area contributed by atoms with Crippen molar-refractivity contribution in [2.45, 2.75) is 243 Å². The molecule has 1 fully saturated rings. The summed E-state index contributed by atoms with van der Waals surface area (Å²) in [6.45, 7) is 4.33. The highest BCUT2D eigenvalue weighted by Crippen LogP contribution is 2.20. The fraction of sp³-hybridized carbons (Fsp3) is 0.975. The van der Waals surface area contributed by atoms with Crippen LogP contribution in [-0.4, -0.2) is 80.6 Å². The van der Waals surface area contributed by atoms with Crippen LogP contribution in [0.2, 0.25) is 0 Å². The summed E-state index contributed by atoms with van der Waals surface area (Å²) in [7, 11) is 0. The van der Waals surface area contributed by atoms with Crippen molar-refractivity contribution in [2.24, 2.45) is 0 Å². The predicted molar refractivity (Wildman–Crippen MR) is 199 cm³/mol. The molecular weight excluding hydrogens is 604 g/mol. The maximum Gasteiger partial charge on any atom is 0.220 e. The van der Waals surface area contributed by atoms with E-state index in [0.29, 0.717) is 32.1 Å². The summed E-state index contributed by atoms with van der Waals surface area (Å²) in [5, 5.41) is 57.6. The molecular formula is C40H80N2O6. The lowest BCUT2D eigenvalue weighted by Crippen LogP contribution is -2.55. The molecule has 0 heterocycles. The fourth-order valence-electron chi connectivity index (χ4n) is 7.10. The van der Waals surface area contributed by atoms with Crippen LogP contribution in [0.5, 0.6) is 0 Å². The molecule has 0 aromatic rings. The van der Waals surface area contributed by atoms with E-state index in [9.17, 15) is 30.3 Å². The Bertz CT molecular complexity index is 728. The molecule has 7 N–H and O–H groups in total. The second-order valence-corrected chi connectivity index (χ2v) is 15.1. The average Bonchev–Trinajstić information content (AvgIpc) is 3.19. The van der Waals surface area contributed by atoms with Crippen molar-refractivity contribution < 1.29 is 30.3 Å². The molecule has 1 amide bonds. The summed E-state index contributed by atoms with van der Waals surface area (Å²) in [5.74, 6) is -0.118. The minimum atomic E-state index is -1.23. The lowest BCUT2D eigenvalue weighted by Gasteiger charge is -2.31. The zero-order valence-corrected chi connectivity index (χ0v) is 31.4. The second-order valence-electron chi connectivity index (χ2n) is 15.1. The van der Waals surface area contributed by atoms with Crippen LogP contribution in [-0.2, 0) is 4.79 Å². The van der Waals surface area contributed by atoms with Crippen LogP contribution < -0.4 is 10.6 Å². The van der Waals surface area contributed by atoms with E-state index in [1.54, 1.807) is 0 Å². The molecule has 1 saturated carbocycles. The Morgan fingerprint density at radius 3 is 1.50 bits per heavy atom. The van der Waals surface area contributed by atoms with Crippen LogP contribution in [0.1, 0.15) is 200 Å². The summed E-state index contributed by atoms with van der Waals surface area (Å²) < 4.78 is 0. The molecule has 1 aliphatic rings. The van der Waals surface area contributed by atoms with Crippen molar-refractivity contribution in [3.63, 3.8) is 0 Å². The van der Waals surface area contributed by atoms with E-state index in [1.807, 2.05) is 6.92 Å². The maximum absolute atomic E-state index is 12.8. The number of aliphatic hydroxyl groups is 5. The zero-order chi connectivity index (χ0) is 35.2. The van der Waals surface area contributed by atoms with E-state index in [0.717, 1.165) is 19.3 Å². The number of amides is 1. The molecule has 1 rings (SSSR count). The molecule has 0 saturated heterocycles. The lowest BCUT2D eigenvalue weighted by molar-refractivity contribution is -0.123. The molecule has 0 radical (unpaired) electrons. The quantitative estimate of drug-likeness (QED) is 0.0286. The van der Waals surface area contributed by atoms with Gasteiger partial charge in [-0.2, -0.15) is 0 Å². The van der Waals surface area contributed by atoms with E-state index in [1.165, 1.54) is 128 Å². The standard InChI is InChI=1S/C40H80N2O6/c1-3-5-6-7-8-9-10-11-12-13-14-15-16-17-18-19-20-21-22-23-24-25-26-30-38(46)42-35(37(45)31-33(43)4-2)32-41-34-28-27-29-36(44)40(48)39(34)47/h33-37,39-41,43-45,47-48H,3-32H2,1-2H3,(H,42,46). The molecule has 286 valence electrons. The van der Waals surface area contributed by atoms with Crippen molar-refractivity contribution in [1.29, 1.82) is 0 Å². The minimum Gasteiger partial charge on any atom is -0.393 e. The van der Waals surface area contributed by atoms with Gasteiger partial charge < -0.3 is 36.2 Å². The molecule has 7 atom stereocenters. The van der Waals surface area contributed by atoms with Gasteiger partial charge in [-0.3, -0.25) is 4.79 Å². The first-order valence-electron chi connectivity index (χ1n) is 20.7. The van der Waals surface area contributed by atoms with Crippen molar-refractivity contribution in [2.75, 3.05) is 6.54 Å². The van der Waals surface area contributed by atoms with Crippen molar-refractivity contribution in [3.8, 4) is 0 Å². The predicted octanol–water partition coefficient (Wildman–Crippen LogP) is 7.60. The highest BCUT2D eigenvalue weighted by atomic mass is 16.4. The number of unbranched alkanes of at least 4 members (excludes halogenated alkanes) is 22. The number of aliphatic hydroxyl groups excluding tert-OH is 5. The van der Waals surface area contributed by atoms with Crippen LogP contribution in [0.4, 0.5) is 0 Å². The highest BCUT2D eigenvalue weighted by Gasteiger charge is 2.35. The van der Waals surface area contributed by atoms with Gasteiger partial charge in [-0.25, -0.2) is 0 Å². The Hall–Kier alpha value is -0.770. The van der Waals surface area contributed by atoms with Crippen LogP contribution >= 0.6 is 0 Å². The van der Waals surface area contributed by atoms with E-state index >= 15 is 0 Å². The fourth-order valence-corrected chi connectivity index (χ4v) is 7.10. The van der Waals surface area contributed by atoms with Gasteiger partial charge in [-0.15, -0.1) is 0 Å². The van der Waals surface area contributed by atoms with Gasteiger partial charge >= 0.3 is 0 Å². The van der Waals surface area contributed by atoms with Gasteiger partial charge in [-0.1, -0.05) is 155 Å². The first-order valence-corrected chi connectivity index (χ1v) is 20.7. The summed E-state index contributed by atoms with van der Waals surface area (Å²) in [5.41, 5.74) is 0. The van der Waals surface area contributed by atoms with E-state index < -0.39 is 42.6 Å². The Balaban J connectivity index is 2.06. The largest absolute Gasteiger partial charge is 0.393 e. The zero-order valence-electron chi connectivity index (χ0n) is 31.4. The van der Waals surface area contributed by atoms with Crippen LogP contribution in [0.3, 0.4) is 0 Å². The third-order valence-corrected chi connectivity index (χ3v) is 10.6. The minimum absolute atomic E-state index is 0.118. The van der Waals surface area contributed by atoms with Gasteiger partial charge in [0.25, 0.3) is 0 Å². The Morgan fingerprint density at radius 1 is 0.625 bits per heavy atom. The van der Waals surface area contributed by atoms with E-state index in [4.69, 9.17) is 0 Å². The molecule has 0 aromatic heterocycles. The van der Waals surface area contributed by atoms with E-state index in [2.05, 4.69) is 17.6 Å².